The van der Waals surface area contributed by atoms with Crippen molar-refractivity contribution < 1.29 is 18.3 Å². The topological polar surface area (TPSA) is 18.5 Å². The van der Waals surface area contributed by atoms with Gasteiger partial charge in [-0.3, -0.25) is 0 Å². The third-order valence-corrected chi connectivity index (χ3v) is 4.32. The maximum Gasteiger partial charge on any atom is 0.199 e. The predicted octanol–water partition coefficient (Wildman–Crippen LogP) is 5.66. The molecule has 1 saturated carbocycles. The molecule has 0 N–H and O–H groups in total. The first-order chi connectivity index (χ1) is 9.99. The van der Waals surface area contributed by atoms with E-state index in [1.165, 1.54) is 46.6 Å². The lowest BCUT2D eigenvalue weighted by atomic mass is 9.80. The van der Waals surface area contributed by atoms with Crippen LogP contribution in [0.2, 0.25) is 0 Å². The van der Waals surface area contributed by atoms with E-state index in [4.69, 9.17) is 4.74 Å². The van der Waals surface area contributed by atoms with Crippen LogP contribution < -0.4 is 0 Å². The van der Waals surface area contributed by atoms with Crippen LogP contribution in [0.5, 0.6) is 0 Å². The molecule has 1 aliphatic carbocycles. The molecular formula is C17H28F2O2. The van der Waals surface area contributed by atoms with Crippen LogP contribution in [0.15, 0.2) is 23.2 Å². The van der Waals surface area contributed by atoms with Gasteiger partial charge in [-0.25, -0.2) is 0 Å². The highest BCUT2D eigenvalue weighted by Gasteiger charge is 2.22. The summed E-state index contributed by atoms with van der Waals surface area (Å²) in [4.78, 5) is 0. The smallest absolute Gasteiger partial charge is 0.199 e. The average molecular weight is 302 g/mol. The molecule has 0 aromatic heterocycles. The molecule has 0 aromatic rings. The maximum absolute atomic E-state index is 13.8. The van der Waals surface area contributed by atoms with Crippen molar-refractivity contribution in [2.24, 2.45) is 11.8 Å². The first kappa shape index (κ1) is 18.0. The fourth-order valence-corrected chi connectivity index (χ4v) is 2.80. The van der Waals surface area contributed by atoms with Crippen molar-refractivity contribution in [3.8, 4) is 0 Å². The fourth-order valence-electron chi connectivity index (χ4n) is 2.80. The highest BCUT2D eigenvalue weighted by molar-refractivity contribution is 5.23. The Morgan fingerprint density at radius 1 is 0.952 bits per heavy atom. The maximum atomic E-state index is 13.8. The molecule has 0 saturated heterocycles. The number of allylic oxidation sites excluding steroid dienone is 4. The summed E-state index contributed by atoms with van der Waals surface area (Å²) in [5, 5.41) is 0. The van der Waals surface area contributed by atoms with Crippen molar-refractivity contribution >= 4 is 0 Å². The second kappa shape index (κ2) is 9.06. The summed E-state index contributed by atoms with van der Waals surface area (Å²) in [5.41, 5.74) is 0. The molecule has 0 amide bonds. The molecule has 21 heavy (non-hydrogen) atoms. The third kappa shape index (κ3) is 5.68. The van der Waals surface area contributed by atoms with Crippen LogP contribution in [0.4, 0.5) is 8.78 Å². The van der Waals surface area contributed by atoms with Crippen LogP contribution in [0.3, 0.4) is 0 Å². The van der Waals surface area contributed by atoms with Crippen molar-refractivity contribution in [1.82, 2.24) is 0 Å². The largest absolute Gasteiger partial charge is 0.498 e. The first-order valence-electron chi connectivity index (χ1n) is 7.89. The summed E-state index contributed by atoms with van der Waals surface area (Å²) in [6, 6.07) is 0. The van der Waals surface area contributed by atoms with Gasteiger partial charge in [-0.1, -0.05) is 32.6 Å². The highest BCUT2D eigenvalue weighted by atomic mass is 19.2. The molecule has 0 heterocycles. The van der Waals surface area contributed by atoms with Crippen LogP contribution in [0, 0.1) is 11.8 Å². The lowest BCUT2D eigenvalue weighted by Crippen LogP contribution is -2.18. The lowest BCUT2D eigenvalue weighted by Gasteiger charge is -2.28. The van der Waals surface area contributed by atoms with Gasteiger partial charge in [-0.05, 0) is 38.5 Å². The Bertz CT molecular complexity index is 380. The SMILES string of the molecule is CCCC1CCC(CO/C(C)=C(F)/C(F)=C(\C)OC)CC1. The van der Waals surface area contributed by atoms with Crippen LogP contribution >= 0.6 is 0 Å². The highest BCUT2D eigenvalue weighted by Crippen LogP contribution is 2.32. The molecule has 122 valence electrons. The Hall–Kier alpha value is -1.06. The number of methoxy groups -OCH3 is 1. The Morgan fingerprint density at radius 2 is 1.48 bits per heavy atom. The number of rotatable bonds is 7. The zero-order valence-electron chi connectivity index (χ0n) is 13.7. The molecule has 0 bridgehead atoms. The second-order valence-electron chi connectivity index (χ2n) is 5.93. The average Bonchev–Trinajstić information content (AvgIpc) is 2.51. The molecule has 1 aliphatic rings. The molecule has 4 heteroatoms. The van der Waals surface area contributed by atoms with Crippen molar-refractivity contribution in [2.75, 3.05) is 13.7 Å². The molecule has 0 aromatic carbocycles. The zero-order valence-corrected chi connectivity index (χ0v) is 13.7. The van der Waals surface area contributed by atoms with Gasteiger partial charge in [-0.15, -0.1) is 0 Å². The van der Waals surface area contributed by atoms with Gasteiger partial charge in [0, 0.05) is 0 Å². The molecular weight excluding hydrogens is 274 g/mol. The van der Waals surface area contributed by atoms with E-state index in [0.717, 1.165) is 18.8 Å². The van der Waals surface area contributed by atoms with E-state index < -0.39 is 11.7 Å². The standard InChI is InChI=1S/C17H28F2O2/c1-5-6-14-7-9-15(10-8-14)11-21-13(3)17(19)16(18)12(2)20-4/h14-15H,5-11H2,1-4H3/b16-12-,17-13-. The van der Waals surface area contributed by atoms with E-state index in [0.29, 0.717) is 12.5 Å². The molecule has 1 rings (SSSR count). The summed E-state index contributed by atoms with van der Waals surface area (Å²) in [7, 11) is 1.31. The summed E-state index contributed by atoms with van der Waals surface area (Å²) >= 11 is 0. The Morgan fingerprint density at radius 3 is 2.00 bits per heavy atom. The summed E-state index contributed by atoms with van der Waals surface area (Å²) < 4.78 is 37.5. The first-order valence-corrected chi connectivity index (χ1v) is 7.89. The van der Waals surface area contributed by atoms with Gasteiger partial charge in [-0.2, -0.15) is 8.78 Å². The number of hydrogen-bond donors (Lipinski definition) is 0. The summed E-state index contributed by atoms with van der Waals surface area (Å²) in [6.45, 7) is 5.53. The predicted molar refractivity (Wildman–Crippen MR) is 80.9 cm³/mol. The van der Waals surface area contributed by atoms with Crippen LogP contribution in [-0.4, -0.2) is 13.7 Å². The van der Waals surface area contributed by atoms with E-state index in [9.17, 15) is 8.78 Å². The molecule has 0 radical (unpaired) electrons. The van der Waals surface area contributed by atoms with Crippen molar-refractivity contribution in [1.29, 1.82) is 0 Å². The molecule has 1 fully saturated rings. The summed E-state index contributed by atoms with van der Waals surface area (Å²) in [6.07, 6.45) is 7.23. The summed E-state index contributed by atoms with van der Waals surface area (Å²) in [5.74, 6) is -0.730. The Balaban J connectivity index is 2.45. The normalized spacial score (nSPS) is 25.0. The minimum absolute atomic E-state index is 0.000387. The van der Waals surface area contributed by atoms with Gasteiger partial charge < -0.3 is 9.47 Å². The van der Waals surface area contributed by atoms with E-state index >= 15 is 0 Å². The van der Waals surface area contributed by atoms with Gasteiger partial charge in [0.2, 0.25) is 0 Å². The molecule has 2 nitrogen and oxygen atoms in total. The Labute approximate surface area is 127 Å². The monoisotopic (exact) mass is 302 g/mol. The van der Waals surface area contributed by atoms with E-state index in [-0.39, 0.29) is 11.5 Å². The molecule has 0 unspecified atom stereocenters. The van der Waals surface area contributed by atoms with E-state index in [1.807, 2.05) is 0 Å². The van der Waals surface area contributed by atoms with E-state index in [1.54, 1.807) is 0 Å². The van der Waals surface area contributed by atoms with Gasteiger partial charge in [0.15, 0.2) is 11.7 Å². The fraction of sp³-hybridized carbons (Fsp3) is 0.765. The molecule has 0 atom stereocenters. The lowest BCUT2D eigenvalue weighted by molar-refractivity contribution is 0.122. The number of ether oxygens (including phenoxy) is 2. The van der Waals surface area contributed by atoms with Gasteiger partial charge in [0.1, 0.15) is 11.5 Å². The second-order valence-corrected chi connectivity index (χ2v) is 5.93. The third-order valence-electron chi connectivity index (χ3n) is 4.32. The van der Waals surface area contributed by atoms with Gasteiger partial charge in [0.05, 0.1) is 13.7 Å². The number of hydrogen-bond acceptors (Lipinski definition) is 2. The number of halogens is 2. The van der Waals surface area contributed by atoms with Gasteiger partial charge in [0.25, 0.3) is 0 Å². The Kier molecular flexibility index (Phi) is 7.76. The minimum atomic E-state index is -0.985. The zero-order chi connectivity index (χ0) is 15.8. The van der Waals surface area contributed by atoms with Crippen LogP contribution in [0.25, 0.3) is 0 Å². The van der Waals surface area contributed by atoms with Crippen LogP contribution in [0.1, 0.15) is 59.3 Å². The quantitative estimate of drug-likeness (QED) is 0.446. The molecule has 0 aliphatic heterocycles. The van der Waals surface area contributed by atoms with Crippen molar-refractivity contribution in [3.63, 3.8) is 0 Å². The van der Waals surface area contributed by atoms with Crippen molar-refractivity contribution in [2.45, 2.75) is 59.3 Å². The van der Waals surface area contributed by atoms with Crippen molar-refractivity contribution in [3.05, 3.63) is 23.2 Å². The van der Waals surface area contributed by atoms with Gasteiger partial charge >= 0.3 is 0 Å². The molecule has 0 spiro atoms. The van der Waals surface area contributed by atoms with Crippen LogP contribution in [-0.2, 0) is 9.47 Å². The minimum Gasteiger partial charge on any atom is -0.498 e. The van der Waals surface area contributed by atoms with E-state index in [2.05, 4.69) is 11.7 Å².